The molecule has 0 aliphatic rings. The van der Waals surface area contributed by atoms with Crippen LogP contribution in [0.1, 0.15) is 29.3 Å². The molecule has 0 fully saturated rings. The van der Waals surface area contributed by atoms with Crippen molar-refractivity contribution in [1.29, 1.82) is 0 Å². The van der Waals surface area contributed by atoms with Crippen LogP contribution in [0.25, 0.3) is 0 Å². The van der Waals surface area contributed by atoms with Crippen molar-refractivity contribution in [2.24, 2.45) is 0 Å². The molecule has 0 unspecified atom stereocenters. The summed E-state index contributed by atoms with van der Waals surface area (Å²) in [5, 5.41) is 5.19. The predicted molar refractivity (Wildman–Crippen MR) is 143 cm³/mol. The van der Waals surface area contributed by atoms with Gasteiger partial charge in [0.25, 0.3) is 15.9 Å². The van der Waals surface area contributed by atoms with E-state index >= 15 is 0 Å². The van der Waals surface area contributed by atoms with Gasteiger partial charge >= 0.3 is 6.18 Å². The maximum atomic E-state index is 13.7. The van der Waals surface area contributed by atoms with Crippen molar-refractivity contribution in [2.75, 3.05) is 36.9 Å². The molecule has 0 aliphatic heterocycles. The topological polar surface area (TPSA) is 114 Å². The second-order valence-electron chi connectivity index (χ2n) is 8.43. The van der Waals surface area contributed by atoms with Gasteiger partial charge in [-0.3, -0.25) is 13.9 Å². The molecule has 0 saturated carbocycles. The van der Waals surface area contributed by atoms with E-state index in [2.05, 4.69) is 10.6 Å². The van der Waals surface area contributed by atoms with Gasteiger partial charge in [-0.15, -0.1) is 0 Å². The molecular weight excluding hydrogens is 551 g/mol. The normalized spacial score (nSPS) is 11.4. The van der Waals surface area contributed by atoms with Crippen LogP contribution >= 0.6 is 0 Å². The number of ether oxygens (including phenoxy) is 2. The highest BCUT2D eigenvalue weighted by Crippen LogP contribution is 2.35. The average molecular weight is 580 g/mol. The molecule has 9 nitrogen and oxygen atoms in total. The summed E-state index contributed by atoms with van der Waals surface area (Å²) in [6.07, 6.45) is -4.08. The lowest BCUT2D eigenvalue weighted by atomic mass is 10.1. The van der Waals surface area contributed by atoms with Crippen LogP contribution in [0.15, 0.2) is 71.6 Å². The second-order valence-corrected chi connectivity index (χ2v) is 10.3. The third-order valence-electron chi connectivity index (χ3n) is 5.67. The van der Waals surface area contributed by atoms with E-state index in [-0.39, 0.29) is 27.6 Å². The lowest BCUT2D eigenvalue weighted by molar-refractivity contribution is -0.137. The fraction of sp³-hybridized carbons (Fsp3) is 0.259. The highest BCUT2D eigenvalue weighted by Gasteiger charge is 2.33. The number of hydrogen-bond donors (Lipinski definition) is 2. The SMILES string of the molecule is CCCNC(=O)c1ccccc1NC(=O)CN(c1cccc(C(F)(F)F)c1)S(=O)(=O)c1ccc(OC)c(OC)c1. The molecule has 0 atom stereocenters. The minimum absolute atomic E-state index is 0.0593. The third-order valence-corrected chi connectivity index (χ3v) is 7.44. The number of nitrogens with one attached hydrogen (secondary N) is 2. The Morgan fingerprint density at radius 1 is 0.925 bits per heavy atom. The number of anilines is 2. The van der Waals surface area contributed by atoms with E-state index in [1.54, 1.807) is 12.1 Å². The summed E-state index contributed by atoms with van der Waals surface area (Å²) >= 11 is 0. The van der Waals surface area contributed by atoms with E-state index in [0.29, 0.717) is 23.3 Å². The number of amides is 2. The summed E-state index contributed by atoms with van der Waals surface area (Å²) in [6, 6.07) is 13.3. The lowest BCUT2D eigenvalue weighted by Crippen LogP contribution is -2.38. The first kappa shape index (κ1) is 30.3. The molecule has 2 amide bonds. The van der Waals surface area contributed by atoms with Crippen LogP contribution in [-0.4, -0.2) is 47.5 Å². The first-order chi connectivity index (χ1) is 18.9. The maximum Gasteiger partial charge on any atom is 0.416 e. The molecule has 0 bridgehead atoms. The predicted octanol–water partition coefficient (Wildman–Crippen LogP) is 4.70. The van der Waals surface area contributed by atoms with E-state index in [1.165, 1.54) is 38.5 Å². The van der Waals surface area contributed by atoms with Gasteiger partial charge in [-0.1, -0.05) is 25.1 Å². The summed E-state index contributed by atoms with van der Waals surface area (Å²) in [7, 11) is -1.96. The first-order valence-electron chi connectivity index (χ1n) is 12.0. The Kier molecular flexibility index (Phi) is 9.64. The third kappa shape index (κ3) is 7.03. The number of sulfonamides is 1. The quantitative estimate of drug-likeness (QED) is 0.341. The molecule has 40 heavy (non-hydrogen) atoms. The van der Waals surface area contributed by atoms with Crippen LogP contribution in [0.5, 0.6) is 11.5 Å². The van der Waals surface area contributed by atoms with E-state index < -0.39 is 45.8 Å². The summed E-state index contributed by atoms with van der Waals surface area (Å²) in [6.45, 7) is 1.37. The number of halogens is 3. The number of carbonyl (C=O) groups is 2. The van der Waals surface area contributed by atoms with Gasteiger partial charge in [0, 0.05) is 12.6 Å². The van der Waals surface area contributed by atoms with Crippen LogP contribution in [0.4, 0.5) is 24.5 Å². The largest absolute Gasteiger partial charge is 0.493 e. The molecule has 0 spiro atoms. The lowest BCUT2D eigenvalue weighted by Gasteiger charge is -2.25. The number of nitrogens with zero attached hydrogens (tertiary/aromatic N) is 1. The number of hydrogen-bond acceptors (Lipinski definition) is 6. The first-order valence-corrected chi connectivity index (χ1v) is 13.5. The number of methoxy groups -OCH3 is 2. The van der Waals surface area contributed by atoms with E-state index in [4.69, 9.17) is 9.47 Å². The van der Waals surface area contributed by atoms with Crippen LogP contribution in [0.3, 0.4) is 0 Å². The number of alkyl halides is 3. The van der Waals surface area contributed by atoms with Crippen molar-refractivity contribution in [2.45, 2.75) is 24.4 Å². The van der Waals surface area contributed by atoms with Gasteiger partial charge in [-0.25, -0.2) is 8.42 Å². The molecule has 0 saturated heterocycles. The van der Waals surface area contributed by atoms with Crippen molar-refractivity contribution < 1.29 is 40.7 Å². The number of benzene rings is 3. The Labute approximate surface area is 229 Å². The summed E-state index contributed by atoms with van der Waals surface area (Å²) in [5.74, 6) is -1.06. The number of para-hydroxylation sites is 1. The highest BCUT2D eigenvalue weighted by atomic mass is 32.2. The van der Waals surface area contributed by atoms with Crippen LogP contribution < -0.4 is 24.4 Å². The zero-order valence-electron chi connectivity index (χ0n) is 21.9. The van der Waals surface area contributed by atoms with Gasteiger partial charge in [0.15, 0.2) is 11.5 Å². The van der Waals surface area contributed by atoms with Gasteiger partial charge in [0.2, 0.25) is 5.91 Å². The molecule has 214 valence electrons. The van der Waals surface area contributed by atoms with Crippen LogP contribution in [-0.2, 0) is 21.0 Å². The smallest absolute Gasteiger partial charge is 0.416 e. The van der Waals surface area contributed by atoms with E-state index in [0.717, 1.165) is 24.3 Å². The molecule has 3 aromatic rings. The van der Waals surface area contributed by atoms with Crippen LogP contribution in [0.2, 0.25) is 0 Å². The zero-order valence-corrected chi connectivity index (χ0v) is 22.7. The van der Waals surface area contributed by atoms with Gasteiger partial charge in [0.1, 0.15) is 6.54 Å². The Hall–Kier alpha value is -4.26. The Bertz CT molecular complexity index is 1480. The average Bonchev–Trinajstić information content (AvgIpc) is 2.94. The standard InChI is InChI=1S/C27H28F3N3O6S/c1-4-14-31-26(35)21-10-5-6-11-22(21)32-25(34)17-33(19-9-7-8-18(15-19)27(28,29)30)40(36,37)20-12-13-23(38-2)24(16-20)39-3/h5-13,15-16H,4,14,17H2,1-3H3,(H,31,35)(H,32,34). The van der Waals surface area contributed by atoms with Crippen molar-refractivity contribution in [1.82, 2.24) is 5.32 Å². The number of rotatable bonds is 11. The van der Waals surface area contributed by atoms with Crippen molar-refractivity contribution in [3.05, 3.63) is 77.9 Å². The van der Waals surface area contributed by atoms with Gasteiger partial charge in [-0.2, -0.15) is 13.2 Å². The summed E-state index contributed by atoms with van der Waals surface area (Å²) in [4.78, 5) is 25.3. The minimum Gasteiger partial charge on any atom is -0.493 e. The van der Waals surface area contributed by atoms with Crippen molar-refractivity contribution >= 4 is 33.2 Å². The van der Waals surface area contributed by atoms with Crippen molar-refractivity contribution in [3.63, 3.8) is 0 Å². The van der Waals surface area contributed by atoms with Gasteiger partial charge in [0.05, 0.1) is 41.6 Å². The van der Waals surface area contributed by atoms with Gasteiger partial charge in [-0.05, 0) is 48.9 Å². The molecule has 3 rings (SSSR count). The fourth-order valence-corrected chi connectivity index (χ4v) is 5.13. The molecule has 3 aromatic carbocycles. The molecule has 0 aromatic heterocycles. The molecule has 2 N–H and O–H groups in total. The zero-order chi connectivity index (χ0) is 29.5. The second kappa shape index (κ2) is 12.7. The molecule has 13 heteroatoms. The van der Waals surface area contributed by atoms with E-state index in [1.807, 2.05) is 6.92 Å². The Morgan fingerprint density at radius 2 is 1.62 bits per heavy atom. The number of carbonyl (C=O) groups excluding carboxylic acids is 2. The molecule has 0 radical (unpaired) electrons. The Balaban J connectivity index is 2.04. The summed E-state index contributed by atoms with van der Waals surface area (Å²) in [5.41, 5.74) is -1.25. The molecule has 0 aliphatic carbocycles. The van der Waals surface area contributed by atoms with E-state index in [9.17, 15) is 31.2 Å². The van der Waals surface area contributed by atoms with Crippen molar-refractivity contribution in [3.8, 4) is 11.5 Å². The van der Waals surface area contributed by atoms with Gasteiger partial charge < -0.3 is 20.1 Å². The minimum atomic E-state index is -4.76. The highest BCUT2D eigenvalue weighted by molar-refractivity contribution is 7.92. The Morgan fingerprint density at radius 3 is 2.27 bits per heavy atom. The van der Waals surface area contributed by atoms with Crippen LogP contribution in [0, 0.1) is 0 Å². The maximum absolute atomic E-state index is 13.7. The monoisotopic (exact) mass is 579 g/mol. The summed E-state index contributed by atoms with van der Waals surface area (Å²) < 4.78 is 78.8. The fourth-order valence-electron chi connectivity index (χ4n) is 3.70. The molecule has 0 heterocycles. The molecular formula is C27H28F3N3O6S.